The first-order chi connectivity index (χ1) is 8.04. The van der Waals surface area contributed by atoms with Gasteiger partial charge in [-0.3, -0.25) is 4.90 Å². The lowest BCUT2D eigenvalue weighted by Crippen LogP contribution is -2.62. The predicted octanol–water partition coefficient (Wildman–Crippen LogP) is 1.94. The Labute approximate surface area is 104 Å². The molecule has 0 saturated carbocycles. The molecule has 17 heavy (non-hydrogen) atoms. The van der Waals surface area contributed by atoms with Crippen LogP contribution in [0.5, 0.6) is 0 Å². The van der Waals surface area contributed by atoms with Gasteiger partial charge < -0.3 is 5.11 Å². The first kappa shape index (κ1) is 12.6. The summed E-state index contributed by atoms with van der Waals surface area (Å²) in [5.74, 6) is 1.38. The molecule has 1 saturated heterocycles. The second-order valence-corrected chi connectivity index (χ2v) is 5.84. The Hall–Kier alpha value is -0.850. The number of rotatable bonds is 3. The van der Waals surface area contributed by atoms with Crippen molar-refractivity contribution in [3.8, 4) is 6.07 Å². The van der Waals surface area contributed by atoms with Crippen molar-refractivity contribution < 1.29 is 5.11 Å². The minimum atomic E-state index is -0.732. The number of β-amino-alcohol motifs (C(OH)–C–C–N with tert-alkyl or cyclic N) is 1. The molecule has 0 aromatic rings. The second kappa shape index (κ2) is 4.80. The fraction of sp³-hybridized carbons (Fsp3) is 0.786. The molecule has 0 aromatic heterocycles. The molecule has 3 nitrogen and oxygen atoms in total. The summed E-state index contributed by atoms with van der Waals surface area (Å²) in [6.07, 6.45) is 5.10. The summed E-state index contributed by atoms with van der Waals surface area (Å²) in [7, 11) is 0. The van der Waals surface area contributed by atoms with Crippen LogP contribution in [-0.2, 0) is 0 Å². The molecule has 94 valence electrons. The molecule has 1 fully saturated rings. The average molecular weight is 234 g/mol. The molecule has 1 N–H and O–H groups in total. The molecule has 0 amide bonds. The molecule has 3 heteroatoms. The van der Waals surface area contributed by atoms with E-state index in [2.05, 4.69) is 30.9 Å². The molecule has 2 atom stereocenters. The molecule has 1 aliphatic carbocycles. The van der Waals surface area contributed by atoms with Crippen molar-refractivity contribution >= 4 is 0 Å². The molecule has 2 rings (SSSR count). The van der Waals surface area contributed by atoms with Crippen LogP contribution < -0.4 is 0 Å². The molecular formula is C14H22N2O. The third-order valence-corrected chi connectivity index (χ3v) is 4.26. The lowest BCUT2D eigenvalue weighted by molar-refractivity contribution is -0.0992. The summed E-state index contributed by atoms with van der Waals surface area (Å²) < 4.78 is 0. The third-order valence-electron chi connectivity index (χ3n) is 4.26. The van der Waals surface area contributed by atoms with Crippen LogP contribution in [0.1, 0.15) is 33.1 Å². The van der Waals surface area contributed by atoms with Crippen LogP contribution in [-0.4, -0.2) is 35.2 Å². The van der Waals surface area contributed by atoms with E-state index < -0.39 is 5.60 Å². The number of nitrogens with zero attached hydrogens (tertiary/aromatic N) is 2. The van der Waals surface area contributed by atoms with E-state index in [9.17, 15) is 5.11 Å². The summed E-state index contributed by atoms with van der Waals surface area (Å²) in [6.45, 7) is 6.91. The van der Waals surface area contributed by atoms with Crippen LogP contribution in [0.3, 0.4) is 0 Å². The summed E-state index contributed by atoms with van der Waals surface area (Å²) in [5.41, 5.74) is 0.768. The Balaban J connectivity index is 1.86. The highest BCUT2D eigenvalue weighted by Crippen LogP contribution is 2.33. The Kier molecular flexibility index (Phi) is 3.56. The number of hydrogen-bond donors (Lipinski definition) is 1. The first-order valence-electron chi connectivity index (χ1n) is 6.52. The van der Waals surface area contributed by atoms with Crippen molar-refractivity contribution in [2.45, 2.75) is 38.7 Å². The SMILES string of the molecule is CC1=CCCC(C)C1CN1CC(O)(CC#N)C1. The Morgan fingerprint density at radius 1 is 1.59 bits per heavy atom. The number of nitriles is 1. The summed E-state index contributed by atoms with van der Waals surface area (Å²) >= 11 is 0. The fourth-order valence-electron chi connectivity index (χ4n) is 3.15. The minimum Gasteiger partial charge on any atom is -0.386 e. The Morgan fingerprint density at radius 2 is 2.29 bits per heavy atom. The fourth-order valence-corrected chi connectivity index (χ4v) is 3.15. The van der Waals surface area contributed by atoms with E-state index in [4.69, 9.17) is 5.26 Å². The third kappa shape index (κ3) is 2.70. The standard InChI is InChI=1S/C14H22N2O/c1-11-4-3-5-12(2)13(11)8-16-9-14(17,10-16)6-7-15/h4,12-13,17H,3,5-6,8-10H2,1-2H3. The highest BCUT2D eigenvalue weighted by atomic mass is 16.3. The molecule has 1 heterocycles. The van der Waals surface area contributed by atoms with Gasteiger partial charge in [-0.05, 0) is 31.6 Å². The summed E-state index contributed by atoms with van der Waals surface area (Å²) in [6, 6.07) is 2.06. The number of likely N-dealkylation sites (tertiary alicyclic amines) is 1. The van der Waals surface area contributed by atoms with Crippen LogP contribution in [0.15, 0.2) is 11.6 Å². The molecule has 0 aromatic carbocycles. The monoisotopic (exact) mass is 234 g/mol. The van der Waals surface area contributed by atoms with Crippen LogP contribution >= 0.6 is 0 Å². The van der Waals surface area contributed by atoms with Gasteiger partial charge in [-0.1, -0.05) is 18.6 Å². The van der Waals surface area contributed by atoms with Gasteiger partial charge in [0.15, 0.2) is 0 Å². The molecule has 0 spiro atoms. The van der Waals surface area contributed by atoms with Crippen LogP contribution in [0.4, 0.5) is 0 Å². The van der Waals surface area contributed by atoms with Crippen molar-refractivity contribution in [3.05, 3.63) is 11.6 Å². The van der Waals surface area contributed by atoms with Crippen LogP contribution in [0, 0.1) is 23.2 Å². The average Bonchev–Trinajstić information content (AvgIpc) is 2.21. The lowest BCUT2D eigenvalue weighted by Gasteiger charge is -2.47. The molecule has 2 unspecified atom stereocenters. The quantitative estimate of drug-likeness (QED) is 0.759. The number of allylic oxidation sites excluding steroid dienone is 1. The first-order valence-corrected chi connectivity index (χ1v) is 6.52. The maximum atomic E-state index is 9.96. The van der Waals surface area contributed by atoms with Gasteiger partial charge in [-0.2, -0.15) is 5.26 Å². The van der Waals surface area contributed by atoms with Crippen molar-refractivity contribution in [1.82, 2.24) is 4.90 Å². The van der Waals surface area contributed by atoms with E-state index in [1.807, 2.05) is 0 Å². The smallest absolute Gasteiger partial charge is 0.103 e. The topological polar surface area (TPSA) is 47.3 Å². The summed E-state index contributed by atoms with van der Waals surface area (Å²) in [4.78, 5) is 2.28. The van der Waals surface area contributed by atoms with Gasteiger partial charge in [-0.15, -0.1) is 0 Å². The van der Waals surface area contributed by atoms with Crippen molar-refractivity contribution in [1.29, 1.82) is 5.26 Å². The van der Waals surface area contributed by atoms with E-state index in [0.29, 0.717) is 19.0 Å². The minimum absolute atomic E-state index is 0.262. The molecule has 0 radical (unpaired) electrons. The normalized spacial score (nSPS) is 32.5. The van der Waals surface area contributed by atoms with Gasteiger partial charge in [0.05, 0.1) is 12.5 Å². The number of hydrogen-bond acceptors (Lipinski definition) is 3. The Bertz CT molecular complexity index is 350. The predicted molar refractivity (Wildman–Crippen MR) is 67.3 cm³/mol. The van der Waals surface area contributed by atoms with E-state index in [0.717, 1.165) is 12.5 Å². The van der Waals surface area contributed by atoms with Crippen molar-refractivity contribution in [3.63, 3.8) is 0 Å². The molecular weight excluding hydrogens is 212 g/mol. The van der Waals surface area contributed by atoms with E-state index in [-0.39, 0.29) is 6.42 Å². The van der Waals surface area contributed by atoms with E-state index >= 15 is 0 Å². The van der Waals surface area contributed by atoms with E-state index in [1.54, 1.807) is 0 Å². The van der Waals surface area contributed by atoms with Gasteiger partial charge in [-0.25, -0.2) is 0 Å². The molecule has 2 aliphatic rings. The van der Waals surface area contributed by atoms with Crippen LogP contribution in [0.25, 0.3) is 0 Å². The van der Waals surface area contributed by atoms with Crippen molar-refractivity contribution in [2.24, 2.45) is 11.8 Å². The summed E-state index contributed by atoms with van der Waals surface area (Å²) in [5, 5.41) is 18.6. The zero-order chi connectivity index (χ0) is 12.5. The molecule has 1 aliphatic heterocycles. The maximum absolute atomic E-state index is 9.96. The zero-order valence-corrected chi connectivity index (χ0v) is 10.8. The Morgan fingerprint density at radius 3 is 2.88 bits per heavy atom. The lowest BCUT2D eigenvalue weighted by atomic mass is 9.78. The second-order valence-electron chi connectivity index (χ2n) is 5.84. The van der Waals surface area contributed by atoms with Gasteiger partial charge in [0.25, 0.3) is 0 Å². The number of aliphatic hydroxyl groups is 1. The maximum Gasteiger partial charge on any atom is 0.103 e. The molecule has 0 bridgehead atoms. The van der Waals surface area contributed by atoms with Gasteiger partial charge >= 0.3 is 0 Å². The largest absolute Gasteiger partial charge is 0.386 e. The highest BCUT2D eigenvalue weighted by Gasteiger charge is 2.42. The van der Waals surface area contributed by atoms with Gasteiger partial charge in [0.2, 0.25) is 0 Å². The highest BCUT2D eigenvalue weighted by molar-refractivity contribution is 5.11. The van der Waals surface area contributed by atoms with Gasteiger partial charge in [0.1, 0.15) is 5.60 Å². The van der Waals surface area contributed by atoms with Gasteiger partial charge in [0, 0.05) is 19.6 Å². The van der Waals surface area contributed by atoms with Crippen molar-refractivity contribution in [2.75, 3.05) is 19.6 Å². The van der Waals surface area contributed by atoms with E-state index in [1.165, 1.54) is 18.4 Å². The van der Waals surface area contributed by atoms with Crippen LogP contribution in [0.2, 0.25) is 0 Å². The zero-order valence-electron chi connectivity index (χ0n) is 10.8.